The smallest absolute Gasteiger partial charge is 0.335 e. The zero-order valence-corrected chi connectivity index (χ0v) is 13.8. The quantitative estimate of drug-likeness (QED) is 0.704. The fraction of sp³-hybridized carbons (Fsp3) is 0.308. The summed E-state index contributed by atoms with van der Waals surface area (Å²) >= 11 is 3.18. The Bertz CT molecular complexity index is 657. The molecule has 0 unspecified atom stereocenters. The Morgan fingerprint density at radius 1 is 1.48 bits per heavy atom. The van der Waals surface area contributed by atoms with Gasteiger partial charge in [0.1, 0.15) is 0 Å². The maximum absolute atomic E-state index is 12.6. The molecule has 0 aliphatic heterocycles. The van der Waals surface area contributed by atoms with Crippen LogP contribution in [0.15, 0.2) is 34.2 Å². The third-order valence-electron chi connectivity index (χ3n) is 2.77. The Morgan fingerprint density at radius 3 is 2.57 bits per heavy atom. The Kier molecular flexibility index (Phi) is 6.09. The van der Waals surface area contributed by atoms with Crippen molar-refractivity contribution in [1.29, 1.82) is 0 Å². The Balaban J connectivity index is 3.48. The van der Waals surface area contributed by atoms with Gasteiger partial charge in [-0.2, -0.15) is 4.31 Å². The molecule has 0 heterocycles. The summed E-state index contributed by atoms with van der Waals surface area (Å²) in [5, 5.41) is 18.0. The molecular weight excluding hydrogens is 362 g/mol. The molecule has 0 atom stereocenters. The number of hydrogen-bond acceptors (Lipinski definition) is 4. The first-order chi connectivity index (χ1) is 9.75. The molecule has 1 aromatic carbocycles. The fourth-order valence-electron chi connectivity index (χ4n) is 1.75. The van der Waals surface area contributed by atoms with Gasteiger partial charge in [0, 0.05) is 17.6 Å². The van der Waals surface area contributed by atoms with Crippen molar-refractivity contribution in [3.8, 4) is 0 Å². The standard InChI is InChI=1S/C13H16BrNO5S/c1-3-4-15(5-6-16)21(19,20)11-8-10(13(17)18)7-9(2)12(11)14/h3,7-8,16H,1,4-6H2,2H3,(H,17,18). The van der Waals surface area contributed by atoms with E-state index in [9.17, 15) is 13.2 Å². The van der Waals surface area contributed by atoms with Crippen LogP contribution in [0.5, 0.6) is 0 Å². The maximum atomic E-state index is 12.6. The van der Waals surface area contributed by atoms with E-state index in [1.165, 1.54) is 12.1 Å². The van der Waals surface area contributed by atoms with Gasteiger partial charge in [0.25, 0.3) is 0 Å². The molecule has 0 aliphatic rings. The minimum absolute atomic E-state index is 0.0195. The van der Waals surface area contributed by atoms with Crippen molar-refractivity contribution in [2.24, 2.45) is 0 Å². The van der Waals surface area contributed by atoms with Gasteiger partial charge in [0.05, 0.1) is 17.1 Å². The number of carbonyl (C=O) groups is 1. The number of aliphatic hydroxyl groups excluding tert-OH is 1. The summed E-state index contributed by atoms with van der Waals surface area (Å²) in [6, 6.07) is 2.48. The Morgan fingerprint density at radius 2 is 2.10 bits per heavy atom. The molecule has 0 fully saturated rings. The van der Waals surface area contributed by atoms with Gasteiger partial charge in [-0.25, -0.2) is 13.2 Å². The molecule has 8 heteroatoms. The van der Waals surface area contributed by atoms with Crippen LogP contribution in [0.25, 0.3) is 0 Å². The number of nitrogens with zero attached hydrogens (tertiary/aromatic N) is 1. The van der Waals surface area contributed by atoms with Crippen LogP contribution >= 0.6 is 15.9 Å². The third kappa shape index (κ3) is 3.91. The highest BCUT2D eigenvalue weighted by Crippen LogP contribution is 2.29. The Hall–Kier alpha value is -1.22. The van der Waals surface area contributed by atoms with E-state index in [4.69, 9.17) is 10.2 Å². The first-order valence-corrected chi connectivity index (χ1v) is 8.24. The highest BCUT2D eigenvalue weighted by molar-refractivity contribution is 9.10. The molecule has 1 aromatic rings. The van der Waals surface area contributed by atoms with Crippen molar-refractivity contribution >= 4 is 31.9 Å². The van der Waals surface area contributed by atoms with E-state index in [1.807, 2.05) is 0 Å². The van der Waals surface area contributed by atoms with Crippen LogP contribution in [-0.2, 0) is 10.0 Å². The second kappa shape index (κ2) is 7.17. The van der Waals surface area contributed by atoms with Gasteiger partial charge in [-0.1, -0.05) is 6.08 Å². The molecule has 0 spiro atoms. The first-order valence-electron chi connectivity index (χ1n) is 6.01. The Labute approximate surface area is 131 Å². The predicted octanol–water partition coefficient (Wildman–Crippen LogP) is 1.62. The van der Waals surface area contributed by atoms with Gasteiger partial charge in [0.2, 0.25) is 10.0 Å². The van der Waals surface area contributed by atoms with Gasteiger partial charge in [0.15, 0.2) is 0 Å². The molecule has 0 bridgehead atoms. The molecule has 21 heavy (non-hydrogen) atoms. The van der Waals surface area contributed by atoms with Crippen LogP contribution in [0, 0.1) is 6.92 Å². The third-order valence-corrected chi connectivity index (χ3v) is 5.97. The average Bonchev–Trinajstić information content (AvgIpc) is 2.40. The lowest BCUT2D eigenvalue weighted by atomic mass is 10.1. The summed E-state index contributed by atoms with van der Waals surface area (Å²) in [6.45, 7) is 4.67. The fourth-order valence-corrected chi connectivity index (χ4v) is 4.16. The second-order valence-electron chi connectivity index (χ2n) is 4.29. The number of hydrogen-bond donors (Lipinski definition) is 2. The molecule has 0 saturated heterocycles. The topological polar surface area (TPSA) is 94.9 Å². The largest absolute Gasteiger partial charge is 0.478 e. The zero-order chi connectivity index (χ0) is 16.2. The minimum atomic E-state index is -3.94. The van der Waals surface area contributed by atoms with E-state index in [-0.39, 0.29) is 30.2 Å². The lowest BCUT2D eigenvalue weighted by Gasteiger charge is -2.21. The summed E-state index contributed by atoms with van der Waals surface area (Å²) < 4.78 is 26.5. The average molecular weight is 378 g/mol. The van der Waals surface area contributed by atoms with E-state index in [2.05, 4.69) is 22.5 Å². The number of halogens is 1. The molecule has 116 valence electrons. The van der Waals surface area contributed by atoms with Gasteiger partial charge in [-0.15, -0.1) is 6.58 Å². The number of sulfonamides is 1. The van der Waals surface area contributed by atoms with E-state index in [0.717, 1.165) is 10.4 Å². The van der Waals surface area contributed by atoms with E-state index < -0.39 is 16.0 Å². The van der Waals surface area contributed by atoms with Gasteiger partial charge in [-0.3, -0.25) is 0 Å². The highest BCUT2D eigenvalue weighted by Gasteiger charge is 2.27. The number of carboxylic acids is 1. The first kappa shape index (κ1) is 17.8. The summed E-state index contributed by atoms with van der Waals surface area (Å²) in [4.78, 5) is 10.9. The lowest BCUT2D eigenvalue weighted by molar-refractivity contribution is 0.0696. The van der Waals surface area contributed by atoms with E-state index in [1.54, 1.807) is 6.92 Å². The zero-order valence-electron chi connectivity index (χ0n) is 11.4. The maximum Gasteiger partial charge on any atom is 0.335 e. The number of benzene rings is 1. The second-order valence-corrected chi connectivity index (χ2v) is 6.99. The number of rotatable bonds is 7. The molecule has 0 radical (unpaired) electrons. The molecule has 2 N–H and O–H groups in total. The molecule has 0 amide bonds. The number of aromatic carboxylic acids is 1. The molecule has 6 nitrogen and oxygen atoms in total. The van der Waals surface area contributed by atoms with Crippen molar-refractivity contribution in [2.45, 2.75) is 11.8 Å². The summed E-state index contributed by atoms with van der Waals surface area (Å²) in [7, 11) is -3.94. The predicted molar refractivity (Wildman–Crippen MR) is 81.9 cm³/mol. The van der Waals surface area contributed by atoms with E-state index >= 15 is 0 Å². The molecule has 0 aromatic heterocycles. The molecular formula is C13H16BrNO5S. The van der Waals surface area contributed by atoms with Crippen LogP contribution in [-0.4, -0.2) is 48.6 Å². The van der Waals surface area contributed by atoms with Crippen LogP contribution < -0.4 is 0 Å². The lowest BCUT2D eigenvalue weighted by Crippen LogP contribution is -2.34. The van der Waals surface area contributed by atoms with Crippen LogP contribution in [0.4, 0.5) is 0 Å². The summed E-state index contributed by atoms with van der Waals surface area (Å²) in [5.41, 5.74) is 0.382. The van der Waals surface area contributed by atoms with Crippen molar-refractivity contribution in [3.63, 3.8) is 0 Å². The monoisotopic (exact) mass is 377 g/mol. The van der Waals surface area contributed by atoms with Gasteiger partial charge < -0.3 is 10.2 Å². The highest BCUT2D eigenvalue weighted by atomic mass is 79.9. The summed E-state index contributed by atoms with van der Waals surface area (Å²) in [5.74, 6) is -1.21. The molecule has 0 aliphatic carbocycles. The number of aliphatic hydroxyl groups is 1. The van der Waals surface area contributed by atoms with Crippen molar-refractivity contribution in [3.05, 3.63) is 40.4 Å². The SMILES string of the molecule is C=CCN(CCO)S(=O)(=O)c1cc(C(=O)O)cc(C)c1Br. The van der Waals surface area contributed by atoms with Crippen molar-refractivity contribution in [1.82, 2.24) is 4.31 Å². The number of aryl methyl sites for hydroxylation is 1. The number of carboxylic acid groups (broad SMARTS) is 1. The van der Waals surface area contributed by atoms with E-state index in [0.29, 0.717) is 10.0 Å². The molecule has 0 saturated carbocycles. The summed E-state index contributed by atoms with van der Waals surface area (Å²) in [6.07, 6.45) is 1.40. The molecule has 1 rings (SSSR count). The minimum Gasteiger partial charge on any atom is -0.478 e. The van der Waals surface area contributed by atoms with Crippen molar-refractivity contribution in [2.75, 3.05) is 19.7 Å². The van der Waals surface area contributed by atoms with Crippen LogP contribution in [0.2, 0.25) is 0 Å². The van der Waals surface area contributed by atoms with Gasteiger partial charge >= 0.3 is 5.97 Å². The van der Waals surface area contributed by atoms with Crippen LogP contribution in [0.3, 0.4) is 0 Å². The normalized spacial score (nSPS) is 11.6. The van der Waals surface area contributed by atoms with Crippen LogP contribution in [0.1, 0.15) is 15.9 Å². The van der Waals surface area contributed by atoms with Crippen molar-refractivity contribution < 1.29 is 23.4 Å². The van der Waals surface area contributed by atoms with Gasteiger partial charge in [-0.05, 0) is 40.5 Å².